The Hall–Kier alpha value is -4.10. The number of hydrogen-bond acceptors (Lipinski definition) is 8. The molecule has 2 aliphatic rings. The Kier molecular flexibility index (Phi) is 8.18. The van der Waals surface area contributed by atoms with Crippen molar-refractivity contribution >= 4 is 62.0 Å². The molecular weight excluding hydrogens is 570 g/mol. The van der Waals surface area contributed by atoms with Gasteiger partial charge in [-0.2, -0.15) is 0 Å². The third kappa shape index (κ3) is 6.30. The van der Waals surface area contributed by atoms with Crippen LogP contribution in [0, 0.1) is 0 Å². The molecule has 0 radical (unpaired) electrons. The van der Waals surface area contributed by atoms with E-state index in [2.05, 4.69) is 15.2 Å². The number of sulfonamides is 1. The number of imide groups is 1. The van der Waals surface area contributed by atoms with Crippen LogP contribution in [-0.2, 0) is 14.8 Å². The number of fused-ring (bicyclic) bond motifs is 1. The quantitative estimate of drug-likeness (QED) is 0.413. The third-order valence-electron chi connectivity index (χ3n) is 7.18. The van der Waals surface area contributed by atoms with Gasteiger partial charge in [-0.25, -0.2) is 27.7 Å². The summed E-state index contributed by atoms with van der Waals surface area (Å²) in [6.45, 7) is 1.89. The molecule has 0 unspecified atom stereocenters. The van der Waals surface area contributed by atoms with Crippen molar-refractivity contribution in [1.82, 2.24) is 24.8 Å². The van der Waals surface area contributed by atoms with Crippen molar-refractivity contribution in [3.8, 4) is 0 Å². The minimum atomic E-state index is -4.16. The number of pyridine rings is 1. The summed E-state index contributed by atoms with van der Waals surface area (Å²) in [5.41, 5.74) is 7.61. The van der Waals surface area contributed by atoms with Gasteiger partial charge in [-0.1, -0.05) is 29.8 Å². The Morgan fingerprint density at radius 3 is 2.41 bits per heavy atom. The molecule has 0 bridgehead atoms. The summed E-state index contributed by atoms with van der Waals surface area (Å²) in [5, 5.41) is 4.22. The molecule has 2 aliphatic heterocycles. The van der Waals surface area contributed by atoms with Gasteiger partial charge in [0.2, 0.25) is 0 Å². The van der Waals surface area contributed by atoms with Crippen molar-refractivity contribution in [2.24, 2.45) is 0 Å². The van der Waals surface area contributed by atoms with Crippen LogP contribution in [0.4, 0.5) is 21.1 Å². The fraction of sp³-hybridized carbons (Fsp3) is 0.333. The van der Waals surface area contributed by atoms with Gasteiger partial charge >= 0.3 is 12.1 Å². The van der Waals surface area contributed by atoms with E-state index in [1.54, 1.807) is 29.2 Å². The molecule has 12 nitrogen and oxygen atoms in total. The van der Waals surface area contributed by atoms with Gasteiger partial charge in [-0.05, 0) is 49.6 Å². The van der Waals surface area contributed by atoms with E-state index in [1.807, 2.05) is 10.8 Å². The number of anilines is 2. The first-order valence-corrected chi connectivity index (χ1v) is 15.1. The van der Waals surface area contributed by atoms with Crippen LogP contribution >= 0.6 is 11.6 Å². The van der Waals surface area contributed by atoms with Crippen LogP contribution < -0.4 is 20.7 Å². The second-order valence-corrected chi connectivity index (χ2v) is 12.0. The predicted molar refractivity (Wildman–Crippen MR) is 155 cm³/mol. The molecule has 3 heterocycles. The Morgan fingerprint density at radius 2 is 1.68 bits per heavy atom. The lowest BCUT2D eigenvalue weighted by Gasteiger charge is -2.37. The molecule has 5 rings (SSSR count). The van der Waals surface area contributed by atoms with Crippen LogP contribution in [0.2, 0.25) is 5.02 Å². The predicted octanol–water partition coefficient (Wildman–Crippen LogP) is 2.78. The summed E-state index contributed by atoms with van der Waals surface area (Å²) in [5.74, 6) is -0.278. The summed E-state index contributed by atoms with van der Waals surface area (Å²) >= 11 is 6.12. The summed E-state index contributed by atoms with van der Waals surface area (Å²) < 4.78 is 27.2. The van der Waals surface area contributed by atoms with Crippen molar-refractivity contribution in [2.75, 3.05) is 43.4 Å². The lowest BCUT2D eigenvalue weighted by Crippen LogP contribution is -2.57. The Bertz CT molecular complexity index is 1570. The van der Waals surface area contributed by atoms with Crippen LogP contribution in [-0.4, -0.2) is 79.9 Å². The fourth-order valence-corrected chi connectivity index (χ4v) is 6.20. The van der Waals surface area contributed by atoms with Crippen molar-refractivity contribution in [2.45, 2.75) is 30.2 Å². The molecule has 2 saturated heterocycles. The van der Waals surface area contributed by atoms with Crippen molar-refractivity contribution in [3.05, 3.63) is 59.6 Å². The lowest BCUT2D eigenvalue weighted by atomic mass is 10.1. The zero-order chi connectivity index (χ0) is 29.1. The van der Waals surface area contributed by atoms with Gasteiger partial charge in [0.15, 0.2) is 0 Å². The Labute approximate surface area is 242 Å². The van der Waals surface area contributed by atoms with Gasteiger partial charge in [0.1, 0.15) is 11.9 Å². The number of likely N-dealkylation sites (tertiary alicyclic amines) is 1. The van der Waals surface area contributed by atoms with Crippen molar-refractivity contribution < 1.29 is 22.8 Å². The maximum Gasteiger partial charge on any atom is 0.338 e. The summed E-state index contributed by atoms with van der Waals surface area (Å²) in [6, 6.07) is 12.2. The maximum atomic E-state index is 13.2. The number of benzene rings is 2. The normalized spacial score (nSPS) is 18.2. The molecule has 41 heavy (non-hydrogen) atoms. The van der Waals surface area contributed by atoms with Gasteiger partial charge < -0.3 is 20.9 Å². The van der Waals surface area contributed by atoms with Gasteiger partial charge in [-0.3, -0.25) is 9.69 Å². The minimum absolute atomic E-state index is 0.0499. The zero-order valence-corrected chi connectivity index (χ0v) is 23.7. The molecule has 14 heteroatoms. The highest BCUT2D eigenvalue weighted by atomic mass is 35.5. The van der Waals surface area contributed by atoms with Gasteiger partial charge in [-0.15, -0.1) is 0 Å². The summed E-state index contributed by atoms with van der Waals surface area (Å²) in [6.07, 6.45) is 1.41. The van der Waals surface area contributed by atoms with E-state index < -0.39 is 34.0 Å². The molecular formula is C27H30ClN7O5S. The number of aromatic nitrogens is 1. The highest BCUT2D eigenvalue weighted by molar-refractivity contribution is 7.90. The maximum absolute atomic E-state index is 13.2. The van der Waals surface area contributed by atoms with Crippen LogP contribution in [0.25, 0.3) is 10.9 Å². The topological polar surface area (TPSA) is 158 Å². The molecule has 2 fully saturated rings. The number of amides is 5. The smallest absolute Gasteiger partial charge is 0.338 e. The van der Waals surface area contributed by atoms with E-state index in [4.69, 9.17) is 17.3 Å². The van der Waals surface area contributed by atoms with Gasteiger partial charge in [0.25, 0.3) is 15.9 Å². The van der Waals surface area contributed by atoms with Crippen molar-refractivity contribution in [1.29, 1.82) is 0 Å². The highest BCUT2D eigenvalue weighted by Gasteiger charge is 2.35. The number of piperazine rings is 1. The SMILES string of the molecule is Nc1cc(N2CCN(C(=O)N[C@H]3CCCCN(C(=O)NS(=O)(=O)c4ccccc4)C3=O)CC2)c2ccc(Cl)cc2n1. The molecule has 1 aromatic heterocycles. The molecule has 216 valence electrons. The van der Waals surface area contributed by atoms with E-state index in [1.165, 1.54) is 24.3 Å². The van der Waals surface area contributed by atoms with Gasteiger partial charge in [0.05, 0.1) is 10.4 Å². The number of nitrogens with two attached hydrogens (primary N) is 1. The minimum Gasteiger partial charge on any atom is -0.384 e. The molecule has 5 amide bonds. The summed E-state index contributed by atoms with van der Waals surface area (Å²) in [4.78, 5) is 48.1. The fourth-order valence-electron chi connectivity index (χ4n) is 5.06. The lowest BCUT2D eigenvalue weighted by molar-refractivity contribution is -0.129. The molecule has 1 atom stereocenters. The molecule has 0 saturated carbocycles. The second-order valence-electron chi connectivity index (χ2n) is 9.91. The van der Waals surface area contributed by atoms with Crippen LogP contribution in [0.3, 0.4) is 0 Å². The molecule has 2 aromatic carbocycles. The first kappa shape index (κ1) is 28.4. The average Bonchev–Trinajstić information content (AvgIpc) is 3.13. The molecule has 3 aromatic rings. The largest absolute Gasteiger partial charge is 0.384 e. The number of nitrogen functional groups attached to an aromatic ring is 1. The first-order chi connectivity index (χ1) is 19.6. The third-order valence-corrected chi connectivity index (χ3v) is 8.76. The van der Waals surface area contributed by atoms with Crippen molar-refractivity contribution in [3.63, 3.8) is 0 Å². The van der Waals surface area contributed by atoms with E-state index in [9.17, 15) is 22.8 Å². The number of hydrogen-bond donors (Lipinski definition) is 3. The van der Waals surface area contributed by atoms with Crippen LogP contribution in [0.1, 0.15) is 19.3 Å². The molecule has 0 aliphatic carbocycles. The van der Waals surface area contributed by atoms with E-state index in [-0.39, 0.29) is 11.4 Å². The Balaban J connectivity index is 1.21. The second kappa shape index (κ2) is 11.8. The number of urea groups is 2. The highest BCUT2D eigenvalue weighted by Crippen LogP contribution is 2.30. The number of rotatable bonds is 4. The zero-order valence-electron chi connectivity index (χ0n) is 22.1. The number of halogens is 1. The monoisotopic (exact) mass is 599 g/mol. The summed E-state index contributed by atoms with van der Waals surface area (Å²) in [7, 11) is -4.16. The Morgan fingerprint density at radius 1 is 0.951 bits per heavy atom. The van der Waals surface area contributed by atoms with E-state index >= 15 is 0 Å². The van der Waals surface area contributed by atoms with Crippen LogP contribution in [0.5, 0.6) is 0 Å². The standard InChI is InChI=1S/C27H30ClN7O5S/c28-18-9-10-20-22(16-18)30-24(29)17-23(20)33-12-14-34(15-13-33)26(37)31-21-8-4-5-11-35(25(21)36)27(38)32-41(39,40)19-6-2-1-3-7-19/h1-3,6-7,9-10,16-17,21H,4-5,8,11-15H2,(H2,29,30)(H,31,37)(H,32,38)/t21-/m0/s1. The molecule has 0 spiro atoms. The first-order valence-electron chi connectivity index (χ1n) is 13.2. The number of carbonyl (C=O) groups is 3. The molecule has 4 N–H and O–H groups in total. The number of nitrogens with one attached hydrogen (secondary N) is 2. The van der Waals surface area contributed by atoms with Crippen LogP contribution in [0.15, 0.2) is 59.5 Å². The van der Waals surface area contributed by atoms with Gasteiger partial charge in [0, 0.05) is 54.9 Å². The number of carbonyl (C=O) groups excluding carboxylic acids is 3. The number of nitrogens with zero attached hydrogens (tertiary/aromatic N) is 4. The van der Waals surface area contributed by atoms with E-state index in [0.717, 1.165) is 16.0 Å². The van der Waals surface area contributed by atoms with E-state index in [0.29, 0.717) is 61.8 Å². The average molecular weight is 600 g/mol.